The monoisotopic (exact) mass is 328 g/mol. The van der Waals surface area contributed by atoms with Gasteiger partial charge in [0.2, 0.25) is 0 Å². The molecule has 0 radical (unpaired) electrons. The highest BCUT2D eigenvalue weighted by Crippen LogP contribution is 2.39. The van der Waals surface area contributed by atoms with E-state index in [0.717, 1.165) is 11.4 Å². The summed E-state index contributed by atoms with van der Waals surface area (Å²) in [5, 5.41) is 8.40. The summed E-state index contributed by atoms with van der Waals surface area (Å²) >= 11 is 0. The van der Waals surface area contributed by atoms with E-state index in [2.05, 4.69) is 10.3 Å². The number of benzene rings is 1. The van der Waals surface area contributed by atoms with Gasteiger partial charge in [0.25, 0.3) is 5.91 Å². The van der Waals surface area contributed by atoms with Crippen LogP contribution >= 0.6 is 0 Å². The highest BCUT2D eigenvalue weighted by Gasteiger charge is 2.34. The lowest BCUT2D eigenvalue weighted by Gasteiger charge is -2.38. The van der Waals surface area contributed by atoms with Crippen molar-refractivity contribution in [1.29, 1.82) is 0 Å². The molecule has 7 heteroatoms. The standard InChI is InChI=1S/C17H20N4O3/c1-23-14-4-6-15(7-5-14)24-11-17(22)20-8-13(9-20)21-10-16(18-19-21)12-2-3-12/h4-7,10,12-13H,2-3,8-9,11H2,1H3. The molecule has 1 aromatic heterocycles. The molecular formula is C17H20N4O3. The maximum absolute atomic E-state index is 12.2. The summed E-state index contributed by atoms with van der Waals surface area (Å²) in [6.07, 6.45) is 4.46. The van der Waals surface area contributed by atoms with Crippen molar-refractivity contribution in [2.45, 2.75) is 24.8 Å². The second-order valence-electron chi connectivity index (χ2n) is 6.31. The summed E-state index contributed by atoms with van der Waals surface area (Å²) in [5.74, 6) is 2.02. The van der Waals surface area contributed by atoms with Gasteiger partial charge in [-0.25, -0.2) is 4.68 Å². The molecule has 0 N–H and O–H groups in total. The number of hydrogen-bond donors (Lipinski definition) is 0. The third kappa shape index (κ3) is 3.06. The number of nitrogens with zero attached hydrogens (tertiary/aromatic N) is 4. The van der Waals surface area contributed by atoms with Crippen LogP contribution in [-0.4, -0.2) is 52.6 Å². The first-order valence-corrected chi connectivity index (χ1v) is 8.19. The summed E-state index contributed by atoms with van der Waals surface area (Å²) in [7, 11) is 1.61. The van der Waals surface area contributed by atoms with Gasteiger partial charge in [-0.1, -0.05) is 5.21 Å². The SMILES string of the molecule is COc1ccc(OCC(=O)N2CC(n3cc(C4CC4)nn3)C2)cc1. The van der Waals surface area contributed by atoms with E-state index < -0.39 is 0 Å². The normalized spacial score (nSPS) is 17.5. The van der Waals surface area contributed by atoms with Gasteiger partial charge >= 0.3 is 0 Å². The Morgan fingerprint density at radius 2 is 1.92 bits per heavy atom. The molecule has 1 saturated heterocycles. The molecule has 126 valence electrons. The Kier molecular flexibility index (Phi) is 3.84. The second-order valence-corrected chi connectivity index (χ2v) is 6.31. The van der Waals surface area contributed by atoms with Gasteiger partial charge in [-0.15, -0.1) is 5.10 Å². The van der Waals surface area contributed by atoms with Crippen LogP contribution in [0.15, 0.2) is 30.5 Å². The van der Waals surface area contributed by atoms with Crippen LogP contribution < -0.4 is 9.47 Å². The Bertz CT molecular complexity index is 718. The van der Waals surface area contributed by atoms with Crippen LogP contribution in [0.5, 0.6) is 11.5 Å². The van der Waals surface area contributed by atoms with Crippen molar-refractivity contribution in [3.05, 3.63) is 36.2 Å². The lowest BCUT2D eigenvalue weighted by Crippen LogP contribution is -2.52. The Labute approximate surface area is 140 Å². The first kappa shape index (κ1) is 15.0. The number of aromatic nitrogens is 3. The lowest BCUT2D eigenvalue weighted by molar-refractivity contribution is -0.139. The molecule has 0 atom stereocenters. The predicted molar refractivity (Wildman–Crippen MR) is 86.1 cm³/mol. The molecule has 1 saturated carbocycles. The van der Waals surface area contributed by atoms with Crippen molar-refractivity contribution in [2.75, 3.05) is 26.8 Å². The quantitative estimate of drug-likeness (QED) is 0.806. The van der Waals surface area contributed by atoms with E-state index in [4.69, 9.17) is 9.47 Å². The molecule has 0 spiro atoms. The summed E-state index contributed by atoms with van der Waals surface area (Å²) in [6, 6.07) is 7.43. The Balaban J connectivity index is 1.24. The molecule has 0 bridgehead atoms. The zero-order chi connectivity index (χ0) is 16.5. The van der Waals surface area contributed by atoms with Crippen LogP contribution in [0, 0.1) is 0 Å². The number of amides is 1. The molecule has 7 nitrogen and oxygen atoms in total. The third-order valence-corrected chi connectivity index (χ3v) is 4.53. The lowest BCUT2D eigenvalue weighted by atomic mass is 10.1. The van der Waals surface area contributed by atoms with Crippen molar-refractivity contribution in [2.24, 2.45) is 0 Å². The first-order valence-electron chi connectivity index (χ1n) is 8.19. The van der Waals surface area contributed by atoms with Crippen LogP contribution in [0.1, 0.15) is 30.5 Å². The molecule has 1 amide bonds. The summed E-state index contributed by atoms with van der Waals surface area (Å²) in [5.41, 5.74) is 1.09. The minimum absolute atomic E-state index is 0.00963. The average molecular weight is 328 g/mol. The van der Waals surface area contributed by atoms with Crippen LogP contribution in [-0.2, 0) is 4.79 Å². The number of carbonyl (C=O) groups is 1. The van der Waals surface area contributed by atoms with E-state index in [9.17, 15) is 4.79 Å². The second kappa shape index (κ2) is 6.14. The molecular weight excluding hydrogens is 308 g/mol. The number of rotatable bonds is 6. The summed E-state index contributed by atoms with van der Waals surface area (Å²) in [6.45, 7) is 1.38. The fourth-order valence-corrected chi connectivity index (χ4v) is 2.77. The molecule has 1 aromatic carbocycles. The van der Waals surface area contributed by atoms with Crippen molar-refractivity contribution in [3.8, 4) is 11.5 Å². The van der Waals surface area contributed by atoms with Gasteiger partial charge < -0.3 is 14.4 Å². The van der Waals surface area contributed by atoms with E-state index >= 15 is 0 Å². The minimum atomic E-state index is -0.00963. The molecule has 2 aromatic rings. The molecule has 0 unspecified atom stereocenters. The van der Waals surface area contributed by atoms with E-state index in [1.807, 2.05) is 23.0 Å². The maximum atomic E-state index is 12.2. The summed E-state index contributed by atoms with van der Waals surface area (Å²) < 4.78 is 12.5. The summed E-state index contributed by atoms with van der Waals surface area (Å²) in [4.78, 5) is 13.9. The molecule has 1 aliphatic carbocycles. The van der Waals surface area contributed by atoms with E-state index in [1.54, 1.807) is 24.1 Å². The van der Waals surface area contributed by atoms with Crippen molar-refractivity contribution >= 4 is 5.91 Å². The number of hydrogen-bond acceptors (Lipinski definition) is 5. The van der Waals surface area contributed by atoms with Crippen molar-refractivity contribution in [1.82, 2.24) is 19.9 Å². The predicted octanol–water partition coefficient (Wildman–Crippen LogP) is 1.63. The van der Waals surface area contributed by atoms with E-state index in [1.165, 1.54) is 12.8 Å². The highest BCUT2D eigenvalue weighted by molar-refractivity contribution is 5.78. The molecule has 1 aliphatic heterocycles. The van der Waals surface area contributed by atoms with Gasteiger partial charge in [-0.3, -0.25) is 4.79 Å². The number of methoxy groups -OCH3 is 1. The number of ether oxygens (including phenoxy) is 2. The number of carbonyl (C=O) groups excluding carboxylic acids is 1. The molecule has 24 heavy (non-hydrogen) atoms. The highest BCUT2D eigenvalue weighted by atomic mass is 16.5. The molecule has 4 rings (SSSR count). The third-order valence-electron chi connectivity index (χ3n) is 4.53. The Morgan fingerprint density at radius 1 is 1.21 bits per heavy atom. The van der Waals surface area contributed by atoms with Crippen molar-refractivity contribution < 1.29 is 14.3 Å². The van der Waals surface area contributed by atoms with E-state index in [0.29, 0.717) is 24.8 Å². The molecule has 2 aliphatic rings. The van der Waals surface area contributed by atoms with Gasteiger partial charge in [0.05, 0.1) is 18.8 Å². The first-order chi connectivity index (χ1) is 11.7. The van der Waals surface area contributed by atoms with Crippen LogP contribution in [0.25, 0.3) is 0 Å². The van der Waals surface area contributed by atoms with Gasteiger partial charge in [0.15, 0.2) is 6.61 Å². The van der Waals surface area contributed by atoms with E-state index in [-0.39, 0.29) is 18.6 Å². The van der Waals surface area contributed by atoms with Gasteiger partial charge in [0, 0.05) is 25.2 Å². The van der Waals surface area contributed by atoms with Gasteiger partial charge in [0.1, 0.15) is 11.5 Å². The Morgan fingerprint density at radius 3 is 2.58 bits per heavy atom. The largest absolute Gasteiger partial charge is 0.497 e. The zero-order valence-corrected chi connectivity index (χ0v) is 13.6. The minimum Gasteiger partial charge on any atom is -0.497 e. The number of likely N-dealkylation sites (tertiary alicyclic amines) is 1. The smallest absolute Gasteiger partial charge is 0.260 e. The van der Waals surface area contributed by atoms with Gasteiger partial charge in [-0.2, -0.15) is 0 Å². The maximum Gasteiger partial charge on any atom is 0.260 e. The van der Waals surface area contributed by atoms with Crippen molar-refractivity contribution in [3.63, 3.8) is 0 Å². The van der Waals surface area contributed by atoms with Gasteiger partial charge in [-0.05, 0) is 37.1 Å². The molecule has 2 heterocycles. The average Bonchev–Trinajstić information content (AvgIpc) is 3.31. The molecule has 2 fully saturated rings. The topological polar surface area (TPSA) is 69.5 Å². The van der Waals surface area contributed by atoms with Crippen LogP contribution in [0.3, 0.4) is 0 Å². The van der Waals surface area contributed by atoms with Crippen LogP contribution in [0.4, 0.5) is 0 Å². The fourth-order valence-electron chi connectivity index (χ4n) is 2.77. The fraction of sp³-hybridized carbons (Fsp3) is 0.471. The Hall–Kier alpha value is -2.57. The van der Waals surface area contributed by atoms with Crippen LogP contribution in [0.2, 0.25) is 0 Å². The zero-order valence-electron chi connectivity index (χ0n) is 13.6.